The van der Waals surface area contributed by atoms with E-state index in [1.54, 1.807) is 10.9 Å². The molecule has 0 N–H and O–H groups in total. The van der Waals surface area contributed by atoms with Gasteiger partial charge in [-0.15, -0.1) is 0 Å². The monoisotopic (exact) mass is 241 g/mol. The number of aryl methyl sites for hydroxylation is 1. The van der Waals surface area contributed by atoms with Crippen molar-refractivity contribution in [3.63, 3.8) is 0 Å². The molecular weight excluding hydrogens is 226 g/mol. The van der Waals surface area contributed by atoms with Crippen molar-refractivity contribution in [3.05, 3.63) is 53.9 Å². The maximum Gasteiger partial charge on any atom is 0.219 e. The molecule has 0 amide bonds. The fourth-order valence-corrected chi connectivity index (χ4v) is 2.10. The summed E-state index contributed by atoms with van der Waals surface area (Å²) in [5.74, 6) is 0.712. The molecule has 3 rings (SSSR count). The third-order valence-electron chi connectivity index (χ3n) is 2.98. The van der Waals surface area contributed by atoms with Crippen molar-refractivity contribution in [1.82, 2.24) is 9.78 Å². The standard InChI is InChI=1S/C14H15N3O/c1-17-9-12(8-15-17)14-16-13(10-18-14)7-11-5-3-2-4-6-11/h2-6,8-9,13H,7,10H2,1H3. The van der Waals surface area contributed by atoms with Gasteiger partial charge in [0.25, 0.3) is 0 Å². The van der Waals surface area contributed by atoms with E-state index in [9.17, 15) is 0 Å². The predicted octanol–water partition coefficient (Wildman–Crippen LogP) is 1.81. The highest BCUT2D eigenvalue weighted by Gasteiger charge is 2.21. The molecule has 1 aliphatic rings. The summed E-state index contributed by atoms with van der Waals surface area (Å²) in [6.07, 6.45) is 4.62. The van der Waals surface area contributed by atoms with Gasteiger partial charge in [0.1, 0.15) is 6.61 Å². The minimum atomic E-state index is 0.211. The number of rotatable bonds is 3. The van der Waals surface area contributed by atoms with Gasteiger partial charge in [0.15, 0.2) is 0 Å². The van der Waals surface area contributed by atoms with Crippen LogP contribution in [0.3, 0.4) is 0 Å². The largest absolute Gasteiger partial charge is 0.475 e. The molecule has 4 heteroatoms. The predicted molar refractivity (Wildman–Crippen MR) is 69.6 cm³/mol. The summed E-state index contributed by atoms with van der Waals surface area (Å²) in [5, 5.41) is 4.13. The first-order chi connectivity index (χ1) is 8.81. The van der Waals surface area contributed by atoms with E-state index in [1.165, 1.54) is 5.56 Å². The van der Waals surface area contributed by atoms with Crippen molar-refractivity contribution >= 4 is 5.90 Å². The lowest BCUT2D eigenvalue weighted by Crippen LogP contribution is -2.09. The van der Waals surface area contributed by atoms with Gasteiger partial charge < -0.3 is 4.74 Å². The zero-order valence-electron chi connectivity index (χ0n) is 10.3. The lowest BCUT2D eigenvalue weighted by molar-refractivity contribution is 0.317. The molecule has 18 heavy (non-hydrogen) atoms. The van der Waals surface area contributed by atoms with E-state index in [2.05, 4.69) is 34.4 Å². The summed E-state index contributed by atoms with van der Waals surface area (Å²) in [7, 11) is 1.89. The number of benzene rings is 1. The van der Waals surface area contributed by atoms with Crippen LogP contribution in [0.25, 0.3) is 0 Å². The van der Waals surface area contributed by atoms with Gasteiger partial charge in [-0.05, 0) is 12.0 Å². The molecule has 0 saturated heterocycles. The number of aliphatic imine (C=N–C) groups is 1. The molecule has 92 valence electrons. The highest BCUT2D eigenvalue weighted by Crippen LogP contribution is 2.15. The summed E-state index contributed by atoms with van der Waals surface area (Å²) in [6.45, 7) is 0.652. The van der Waals surface area contributed by atoms with Crippen LogP contribution in [-0.4, -0.2) is 28.3 Å². The van der Waals surface area contributed by atoms with Gasteiger partial charge in [0.2, 0.25) is 5.90 Å². The Morgan fingerprint density at radius 2 is 2.17 bits per heavy atom. The van der Waals surface area contributed by atoms with Crippen LogP contribution in [0.2, 0.25) is 0 Å². The highest BCUT2D eigenvalue weighted by molar-refractivity contribution is 5.94. The second-order valence-electron chi connectivity index (χ2n) is 4.49. The van der Waals surface area contributed by atoms with E-state index in [0.717, 1.165) is 12.0 Å². The fraction of sp³-hybridized carbons (Fsp3) is 0.286. The molecule has 2 aromatic rings. The summed E-state index contributed by atoms with van der Waals surface area (Å²) in [6, 6.07) is 10.6. The molecule has 1 aromatic heterocycles. The van der Waals surface area contributed by atoms with Crippen LogP contribution in [0, 0.1) is 0 Å². The first-order valence-electron chi connectivity index (χ1n) is 6.05. The molecule has 0 bridgehead atoms. The molecule has 1 unspecified atom stereocenters. The topological polar surface area (TPSA) is 39.4 Å². The second-order valence-corrected chi connectivity index (χ2v) is 4.49. The van der Waals surface area contributed by atoms with Gasteiger partial charge >= 0.3 is 0 Å². The molecule has 1 aliphatic heterocycles. The van der Waals surface area contributed by atoms with Crippen molar-refractivity contribution in [1.29, 1.82) is 0 Å². The van der Waals surface area contributed by atoms with Gasteiger partial charge in [0, 0.05) is 13.2 Å². The van der Waals surface area contributed by atoms with Gasteiger partial charge in [0.05, 0.1) is 17.8 Å². The Balaban J connectivity index is 1.72. The molecule has 0 spiro atoms. The van der Waals surface area contributed by atoms with E-state index in [4.69, 9.17) is 4.74 Å². The van der Waals surface area contributed by atoms with Crippen molar-refractivity contribution in [2.45, 2.75) is 12.5 Å². The number of nitrogens with zero attached hydrogens (tertiary/aromatic N) is 3. The Morgan fingerprint density at radius 1 is 1.33 bits per heavy atom. The molecule has 1 aromatic carbocycles. The van der Waals surface area contributed by atoms with Crippen LogP contribution in [0.15, 0.2) is 47.7 Å². The molecule has 1 atom stereocenters. The first-order valence-corrected chi connectivity index (χ1v) is 6.05. The molecule has 4 nitrogen and oxygen atoms in total. The van der Waals surface area contributed by atoms with Gasteiger partial charge in [-0.3, -0.25) is 4.68 Å². The Kier molecular flexibility index (Phi) is 2.84. The molecule has 2 heterocycles. The van der Waals surface area contributed by atoms with Crippen LogP contribution in [0.1, 0.15) is 11.1 Å². The molecule has 0 saturated carbocycles. The lowest BCUT2D eigenvalue weighted by Gasteiger charge is -2.03. The van der Waals surface area contributed by atoms with Crippen molar-refractivity contribution < 1.29 is 4.74 Å². The van der Waals surface area contributed by atoms with Crippen LogP contribution in [0.4, 0.5) is 0 Å². The van der Waals surface area contributed by atoms with Crippen molar-refractivity contribution in [2.75, 3.05) is 6.61 Å². The number of hydrogen-bond donors (Lipinski definition) is 0. The Labute approximate surface area is 106 Å². The van der Waals surface area contributed by atoms with E-state index >= 15 is 0 Å². The van der Waals surface area contributed by atoms with Crippen molar-refractivity contribution in [3.8, 4) is 0 Å². The minimum Gasteiger partial charge on any atom is -0.475 e. The zero-order valence-corrected chi connectivity index (χ0v) is 10.3. The molecule has 0 radical (unpaired) electrons. The maximum absolute atomic E-state index is 5.63. The molecular formula is C14H15N3O. The Hall–Kier alpha value is -2.10. The van der Waals surface area contributed by atoms with E-state index < -0.39 is 0 Å². The van der Waals surface area contributed by atoms with E-state index in [1.807, 2.05) is 19.3 Å². The Morgan fingerprint density at radius 3 is 2.89 bits per heavy atom. The quantitative estimate of drug-likeness (QED) is 0.822. The Bertz CT molecular complexity index is 559. The third kappa shape index (κ3) is 2.27. The van der Waals surface area contributed by atoms with E-state index in [0.29, 0.717) is 12.5 Å². The molecule has 0 aliphatic carbocycles. The van der Waals surface area contributed by atoms with Gasteiger partial charge in [-0.2, -0.15) is 5.10 Å². The number of aromatic nitrogens is 2. The second kappa shape index (κ2) is 4.64. The van der Waals surface area contributed by atoms with Gasteiger partial charge in [-0.25, -0.2) is 4.99 Å². The minimum absolute atomic E-state index is 0.211. The average Bonchev–Trinajstić information content (AvgIpc) is 2.99. The SMILES string of the molecule is Cn1cc(C2=NC(Cc3ccccc3)CO2)cn1. The summed E-state index contributed by atoms with van der Waals surface area (Å²) >= 11 is 0. The van der Waals surface area contributed by atoms with Crippen molar-refractivity contribution in [2.24, 2.45) is 12.0 Å². The normalized spacial score (nSPS) is 18.5. The van der Waals surface area contributed by atoms with Crippen LogP contribution in [-0.2, 0) is 18.2 Å². The van der Waals surface area contributed by atoms with E-state index in [-0.39, 0.29) is 6.04 Å². The number of ether oxygens (including phenoxy) is 1. The first kappa shape index (κ1) is 11.0. The lowest BCUT2D eigenvalue weighted by atomic mass is 10.1. The molecule has 0 fully saturated rings. The number of hydrogen-bond acceptors (Lipinski definition) is 3. The summed E-state index contributed by atoms with van der Waals surface area (Å²) < 4.78 is 7.39. The summed E-state index contributed by atoms with van der Waals surface area (Å²) in [4.78, 5) is 4.61. The highest BCUT2D eigenvalue weighted by atomic mass is 16.5. The van der Waals surface area contributed by atoms with Crippen LogP contribution >= 0.6 is 0 Å². The smallest absolute Gasteiger partial charge is 0.219 e. The zero-order chi connectivity index (χ0) is 12.4. The van der Waals surface area contributed by atoms with Crippen LogP contribution < -0.4 is 0 Å². The van der Waals surface area contributed by atoms with Crippen LogP contribution in [0.5, 0.6) is 0 Å². The fourth-order valence-electron chi connectivity index (χ4n) is 2.10. The maximum atomic E-state index is 5.63. The summed E-state index contributed by atoms with van der Waals surface area (Å²) in [5.41, 5.74) is 2.25. The van der Waals surface area contributed by atoms with Gasteiger partial charge in [-0.1, -0.05) is 30.3 Å². The third-order valence-corrected chi connectivity index (χ3v) is 2.98. The average molecular weight is 241 g/mol.